The zero-order valence-corrected chi connectivity index (χ0v) is 7.21. The number of rotatable bonds is 2. The highest BCUT2D eigenvalue weighted by Gasteiger charge is 2.16. The van der Waals surface area contributed by atoms with Crippen LogP contribution in [-0.2, 0) is 0 Å². The smallest absolute Gasteiger partial charge is 0.390 e. The molecule has 2 aromatic rings. The predicted octanol–water partition coefficient (Wildman–Crippen LogP) is -0.0530. The van der Waals surface area contributed by atoms with E-state index in [4.69, 9.17) is 11.6 Å². The van der Waals surface area contributed by atoms with Crippen molar-refractivity contribution in [2.24, 2.45) is 0 Å². The summed E-state index contributed by atoms with van der Waals surface area (Å²) < 4.78 is 1.04. The standard InChI is InChI=1S/C4H2ClN7O2/c5-2-7-4(9-8-2)11-1-6-3(10-11)12(13)14/h1H,(H,7,8,9). The van der Waals surface area contributed by atoms with E-state index in [1.807, 2.05) is 0 Å². The first-order valence-electron chi connectivity index (χ1n) is 3.31. The van der Waals surface area contributed by atoms with Crippen molar-refractivity contribution in [2.45, 2.75) is 0 Å². The van der Waals surface area contributed by atoms with Gasteiger partial charge in [0, 0.05) is 5.10 Å². The molecule has 2 aromatic heterocycles. The molecule has 0 aliphatic heterocycles. The Balaban J connectivity index is 2.38. The number of nitrogens with one attached hydrogen (secondary N) is 1. The lowest BCUT2D eigenvalue weighted by atomic mass is 11.0. The largest absolute Gasteiger partial charge is 0.491 e. The average molecular weight is 216 g/mol. The van der Waals surface area contributed by atoms with E-state index in [0.717, 1.165) is 11.0 Å². The monoisotopic (exact) mass is 215 g/mol. The van der Waals surface area contributed by atoms with Gasteiger partial charge in [-0.2, -0.15) is 4.98 Å². The number of hydrogen-bond acceptors (Lipinski definition) is 6. The molecule has 10 heteroatoms. The fourth-order valence-corrected chi connectivity index (χ4v) is 0.889. The van der Waals surface area contributed by atoms with Crippen LogP contribution in [0.1, 0.15) is 0 Å². The van der Waals surface area contributed by atoms with Crippen LogP contribution < -0.4 is 0 Å². The van der Waals surface area contributed by atoms with Gasteiger partial charge in [0.1, 0.15) is 0 Å². The molecule has 0 saturated heterocycles. The Labute approximate surface area is 80.9 Å². The number of aromatic nitrogens is 6. The highest BCUT2D eigenvalue weighted by atomic mass is 35.5. The van der Waals surface area contributed by atoms with Crippen molar-refractivity contribution in [1.82, 2.24) is 29.9 Å². The number of hydrogen-bond donors (Lipinski definition) is 1. The molecule has 0 saturated carbocycles. The third-order valence-corrected chi connectivity index (χ3v) is 1.46. The topological polar surface area (TPSA) is 115 Å². The van der Waals surface area contributed by atoms with Gasteiger partial charge in [-0.3, -0.25) is 0 Å². The van der Waals surface area contributed by atoms with Crippen molar-refractivity contribution in [3.8, 4) is 5.95 Å². The average Bonchev–Trinajstić information content (AvgIpc) is 2.70. The third kappa shape index (κ3) is 1.40. The maximum absolute atomic E-state index is 10.2. The van der Waals surface area contributed by atoms with Gasteiger partial charge in [0.25, 0.3) is 5.95 Å². The Morgan fingerprint density at radius 3 is 2.93 bits per heavy atom. The molecule has 0 radical (unpaired) electrons. The number of aromatic amines is 1. The van der Waals surface area contributed by atoms with Gasteiger partial charge in [0.05, 0.1) is 0 Å². The molecule has 9 nitrogen and oxygen atoms in total. The van der Waals surface area contributed by atoms with Crippen LogP contribution in [0.5, 0.6) is 0 Å². The van der Waals surface area contributed by atoms with Crippen LogP contribution in [-0.4, -0.2) is 34.9 Å². The van der Waals surface area contributed by atoms with Gasteiger partial charge in [0.15, 0.2) is 0 Å². The van der Waals surface area contributed by atoms with Gasteiger partial charge in [-0.05, 0) is 16.5 Å². The maximum atomic E-state index is 10.2. The zero-order valence-electron chi connectivity index (χ0n) is 6.46. The molecule has 0 amide bonds. The van der Waals surface area contributed by atoms with Gasteiger partial charge >= 0.3 is 5.95 Å². The first kappa shape index (κ1) is 8.56. The summed E-state index contributed by atoms with van der Waals surface area (Å²) in [4.78, 5) is 16.6. The lowest BCUT2D eigenvalue weighted by Crippen LogP contribution is -1.98. The Morgan fingerprint density at radius 2 is 2.43 bits per heavy atom. The summed E-state index contributed by atoms with van der Waals surface area (Å²) in [6.07, 6.45) is 1.12. The summed E-state index contributed by atoms with van der Waals surface area (Å²) >= 11 is 5.46. The first-order chi connectivity index (χ1) is 6.66. The summed E-state index contributed by atoms with van der Waals surface area (Å²) in [5, 5.41) is 19.8. The molecule has 2 rings (SSSR count). The van der Waals surface area contributed by atoms with Gasteiger partial charge in [-0.25, -0.2) is 5.10 Å². The van der Waals surface area contributed by atoms with Crippen LogP contribution in [0.4, 0.5) is 5.95 Å². The van der Waals surface area contributed by atoms with Crippen molar-refractivity contribution in [3.05, 3.63) is 21.7 Å². The minimum Gasteiger partial charge on any atom is -0.390 e. The van der Waals surface area contributed by atoms with Crippen molar-refractivity contribution in [2.75, 3.05) is 0 Å². The lowest BCUT2D eigenvalue weighted by Gasteiger charge is -1.84. The summed E-state index contributed by atoms with van der Waals surface area (Å²) in [6.45, 7) is 0. The summed E-state index contributed by atoms with van der Waals surface area (Å²) in [5.41, 5.74) is 0. The van der Waals surface area contributed by atoms with E-state index in [9.17, 15) is 10.1 Å². The van der Waals surface area contributed by atoms with Crippen LogP contribution in [0.25, 0.3) is 5.95 Å². The zero-order chi connectivity index (χ0) is 10.1. The van der Waals surface area contributed by atoms with Crippen LogP contribution in [0.15, 0.2) is 6.33 Å². The van der Waals surface area contributed by atoms with Crippen molar-refractivity contribution >= 4 is 17.5 Å². The van der Waals surface area contributed by atoms with Crippen molar-refractivity contribution in [1.29, 1.82) is 0 Å². The molecule has 14 heavy (non-hydrogen) atoms. The molecular formula is C4H2ClN7O2. The highest BCUT2D eigenvalue weighted by molar-refractivity contribution is 6.28. The van der Waals surface area contributed by atoms with E-state index in [2.05, 4.69) is 25.3 Å². The molecule has 0 aliphatic carbocycles. The molecule has 0 fully saturated rings. The molecule has 0 spiro atoms. The van der Waals surface area contributed by atoms with E-state index in [1.165, 1.54) is 0 Å². The molecule has 0 bridgehead atoms. The van der Waals surface area contributed by atoms with E-state index < -0.39 is 10.9 Å². The number of nitro groups is 1. The van der Waals surface area contributed by atoms with Gasteiger partial charge in [0.2, 0.25) is 11.6 Å². The summed E-state index contributed by atoms with van der Waals surface area (Å²) in [5.74, 6) is -0.429. The van der Waals surface area contributed by atoms with E-state index >= 15 is 0 Å². The van der Waals surface area contributed by atoms with E-state index in [-0.39, 0.29) is 11.2 Å². The second-order valence-corrected chi connectivity index (χ2v) is 2.53. The highest BCUT2D eigenvalue weighted by Crippen LogP contribution is 2.06. The van der Waals surface area contributed by atoms with Crippen molar-refractivity contribution in [3.63, 3.8) is 0 Å². The Kier molecular flexibility index (Phi) is 1.85. The quantitative estimate of drug-likeness (QED) is 0.554. The molecule has 72 valence electrons. The third-order valence-electron chi connectivity index (χ3n) is 1.29. The van der Waals surface area contributed by atoms with Crippen LogP contribution in [0.2, 0.25) is 5.28 Å². The van der Waals surface area contributed by atoms with Crippen LogP contribution in [0.3, 0.4) is 0 Å². The summed E-state index contributed by atoms with van der Waals surface area (Å²) in [7, 11) is 0. The second kappa shape index (κ2) is 3.03. The number of nitrogens with zero attached hydrogens (tertiary/aromatic N) is 6. The Morgan fingerprint density at radius 1 is 1.64 bits per heavy atom. The second-order valence-electron chi connectivity index (χ2n) is 2.17. The molecule has 0 unspecified atom stereocenters. The normalized spacial score (nSPS) is 10.4. The molecule has 1 N–H and O–H groups in total. The maximum Gasteiger partial charge on any atom is 0.491 e. The molecule has 0 aliphatic rings. The van der Waals surface area contributed by atoms with E-state index in [0.29, 0.717) is 0 Å². The molecule has 0 aromatic carbocycles. The van der Waals surface area contributed by atoms with Crippen molar-refractivity contribution < 1.29 is 4.92 Å². The minimum atomic E-state index is -0.717. The van der Waals surface area contributed by atoms with Crippen LogP contribution >= 0.6 is 11.6 Å². The number of H-pyrrole nitrogens is 1. The first-order valence-corrected chi connectivity index (χ1v) is 3.69. The fourth-order valence-electron chi connectivity index (χ4n) is 0.771. The predicted molar refractivity (Wildman–Crippen MR) is 43.0 cm³/mol. The molecule has 0 atom stereocenters. The minimum absolute atomic E-state index is 0.0677. The Hall–Kier alpha value is -2.03. The van der Waals surface area contributed by atoms with Gasteiger partial charge in [-0.15, -0.1) is 9.78 Å². The van der Waals surface area contributed by atoms with Gasteiger partial charge < -0.3 is 10.1 Å². The molecular weight excluding hydrogens is 214 g/mol. The summed E-state index contributed by atoms with van der Waals surface area (Å²) in [6, 6.07) is 0. The molecule has 2 heterocycles. The Bertz CT molecular complexity index is 475. The van der Waals surface area contributed by atoms with Gasteiger partial charge in [-0.1, -0.05) is 4.98 Å². The SMILES string of the molecule is O=[N+]([O-])c1ncn(-c2n[nH]c(Cl)n2)n1. The van der Waals surface area contributed by atoms with E-state index in [1.54, 1.807) is 0 Å². The fraction of sp³-hybridized carbons (Fsp3) is 0. The lowest BCUT2D eigenvalue weighted by molar-refractivity contribution is -0.394. The number of halogens is 1. The van der Waals surface area contributed by atoms with Crippen LogP contribution in [0, 0.1) is 10.1 Å².